The Balaban J connectivity index is 1.32. The number of nitrogens with zero attached hydrogens (tertiary/aromatic N) is 4. The number of fused-ring (bicyclic) bond motifs is 4. The van der Waals surface area contributed by atoms with Gasteiger partial charge in [0.2, 0.25) is 5.91 Å². The van der Waals surface area contributed by atoms with Crippen molar-refractivity contribution in [3.8, 4) is 0 Å². The van der Waals surface area contributed by atoms with Crippen molar-refractivity contribution in [2.45, 2.75) is 51.1 Å². The Kier molecular flexibility index (Phi) is 5.73. The van der Waals surface area contributed by atoms with Gasteiger partial charge < -0.3 is 24.5 Å². The number of aryl methyl sites for hydroxylation is 1. The highest BCUT2D eigenvalue weighted by molar-refractivity contribution is 5.76. The molecule has 156 valence electrons. The first kappa shape index (κ1) is 19.7. The van der Waals surface area contributed by atoms with Crippen molar-refractivity contribution in [1.29, 1.82) is 0 Å². The van der Waals surface area contributed by atoms with Gasteiger partial charge in [0, 0.05) is 56.6 Å². The molecular formula is C21H27N4O4-. The van der Waals surface area contributed by atoms with Crippen LogP contribution in [0.5, 0.6) is 0 Å². The van der Waals surface area contributed by atoms with E-state index in [0.29, 0.717) is 26.1 Å². The van der Waals surface area contributed by atoms with Crippen LogP contribution >= 0.6 is 0 Å². The highest BCUT2D eigenvalue weighted by Crippen LogP contribution is 2.35. The quantitative estimate of drug-likeness (QED) is 0.570. The summed E-state index contributed by atoms with van der Waals surface area (Å²) >= 11 is 0. The predicted molar refractivity (Wildman–Crippen MR) is 109 cm³/mol. The van der Waals surface area contributed by atoms with Crippen molar-refractivity contribution in [2.75, 3.05) is 18.3 Å². The second-order valence-corrected chi connectivity index (χ2v) is 8.16. The van der Waals surface area contributed by atoms with E-state index in [1.54, 1.807) is 10.6 Å². The smallest absolute Gasteiger partial charge is 0.275 e. The maximum Gasteiger partial charge on any atom is 0.275 e. The second-order valence-electron chi connectivity index (χ2n) is 8.16. The lowest BCUT2D eigenvalue weighted by Crippen LogP contribution is -2.49. The number of carbonyl (C=O) groups is 1. The summed E-state index contributed by atoms with van der Waals surface area (Å²) in [5, 5.41) is 19.9. The number of carbonyl (C=O) groups excluding carboxylic acids is 1. The average Bonchev–Trinajstić information content (AvgIpc) is 3.21. The van der Waals surface area contributed by atoms with Crippen molar-refractivity contribution in [3.63, 3.8) is 0 Å². The van der Waals surface area contributed by atoms with Gasteiger partial charge in [0.25, 0.3) is 5.56 Å². The molecule has 4 rings (SSSR count). The van der Waals surface area contributed by atoms with E-state index in [1.165, 1.54) is 6.07 Å². The van der Waals surface area contributed by atoms with Gasteiger partial charge >= 0.3 is 0 Å². The average molecular weight is 399 g/mol. The van der Waals surface area contributed by atoms with Gasteiger partial charge in [-0.3, -0.25) is 14.8 Å². The summed E-state index contributed by atoms with van der Waals surface area (Å²) in [6.07, 6.45) is 8.59. The summed E-state index contributed by atoms with van der Waals surface area (Å²) in [6.45, 7) is 2.72. The Morgan fingerprint density at radius 1 is 1.14 bits per heavy atom. The summed E-state index contributed by atoms with van der Waals surface area (Å²) in [7, 11) is 0. The summed E-state index contributed by atoms with van der Waals surface area (Å²) < 4.78 is 3.75. The Bertz CT molecular complexity index is 906. The minimum Gasteiger partial charge on any atom is -0.733 e. The molecule has 4 heterocycles. The SMILES string of the molecule is O=C(CCCCCn1cccc1)N1CC2CC(C1)c1ccc(N([O-])O)c(=O)n1C2. The van der Waals surface area contributed by atoms with Crippen LogP contribution in [0.15, 0.2) is 41.5 Å². The zero-order chi connectivity index (χ0) is 20.4. The van der Waals surface area contributed by atoms with Gasteiger partial charge in [-0.2, -0.15) is 0 Å². The third-order valence-corrected chi connectivity index (χ3v) is 6.12. The zero-order valence-electron chi connectivity index (χ0n) is 16.4. The largest absolute Gasteiger partial charge is 0.733 e. The van der Waals surface area contributed by atoms with Crippen molar-refractivity contribution in [3.05, 3.63) is 57.9 Å². The predicted octanol–water partition coefficient (Wildman–Crippen LogP) is 2.55. The summed E-state index contributed by atoms with van der Waals surface area (Å²) in [4.78, 5) is 27.1. The molecule has 2 aromatic heterocycles. The highest BCUT2D eigenvalue weighted by Gasteiger charge is 2.36. The van der Waals surface area contributed by atoms with Gasteiger partial charge in [-0.1, -0.05) is 6.42 Å². The summed E-state index contributed by atoms with van der Waals surface area (Å²) in [5.41, 5.74) is 0.125. The molecule has 2 bridgehead atoms. The van der Waals surface area contributed by atoms with Crippen LogP contribution < -0.4 is 10.8 Å². The van der Waals surface area contributed by atoms with Crippen LogP contribution in [0.25, 0.3) is 0 Å². The molecule has 0 aliphatic carbocycles. The van der Waals surface area contributed by atoms with Crippen molar-refractivity contribution < 1.29 is 10.0 Å². The molecule has 29 heavy (non-hydrogen) atoms. The third-order valence-electron chi connectivity index (χ3n) is 6.12. The van der Waals surface area contributed by atoms with Gasteiger partial charge in [-0.25, -0.2) is 0 Å². The molecule has 2 aliphatic heterocycles. The van der Waals surface area contributed by atoms with E-state index >= 15 is 0 Å². The maximum absolute atomic E-state index is 12.7. The van der Waals surface area contributed by atoms with E-state index in [-0.39, 0.29) is 28.7 Å². The van der Waals surface area contributed by atoms with Crippen LogP contribution in [0.3, 0.4) is 0 Å². The molecule has 0 aromatic carbocycles. The van der Waals surface area contributed by atoms with Crippen molar-refractivity contribution in [1.82, 2.24) is 14.0 Å². The number of hydrogen-bond donors (Lipinski definition) is 1. The lowest BCUT2D eigenvalue weighted by molar-refractivity contribution is -0.134. The molecule has 2 unspecified atom stereocenters. The van der Waals surface area contributed by atoms with Crippen LogP contribution in [0.1, 0.15) is 43.7 Å². The molecule has 1 saturated heterocycles. The molecule has 1 amide bonds. The van der Waals surface area contributed by atoms with Crippen LogP contribution in [0.2, 0.25) is 0 Å². The minimum absolute atomic E-state index is 0.0979. The molecule has 1 N–H and O–H groups in total. The molecule has 8 nitrogen and oxygen atoms in total. The van der Waals surface area contributed by atoms with Crippen LogP contribution in [0, 0.1) is 11.1 Å². The normalized spacial score (nSPS) is 20.4. The fraction of sp³-hybridized carbons (Fsp3) is 0.524. The van der Waals surface area contributed by atoms with E-state index in [9.17, 15) is 14.8 Å². The van der Waals surface area contributed by atoms with E-state index in [1.807, 2.05) is 17.0 Å². The maximum atomic E-state index is 12.7. The standard InChI is InChI=1S/C21H27N4O4/c26-20(6-2-1-3-9-22-10-4-5-11-22)23-13-16-12-17(15-23)18-7-8-19(25(28)29)21(27)24(18)14-16/h4-5,7-8,10-11,16-17,28H,1-3,6,9,12-15H2/q-1. The fourth-order valence-corrected chi connectivity index (χ4v) is 4.71. The first-order valence-electron chi connectivity index (χ1n) is 10.3. The van der Waals surface area contributed by atoms with Gasteiger partial charge in [-0.15, -0.1) is 0 Å². The molecule has 1 fully saturated rings. The number of aromatic nitrogens is 2. The lowest BCUT2D eigenvalue weighted by Gasteiger charge is -2.43. The van der Waals surface area contributed by atoms with E-state index in [0.717, 1.165) is 37.9 Å². The fourth-order valence-electron chi connectivity index (χ4n) is 4.71. The first-order valence-corrected chi connectivity index (χ1v) is 10.3. The minimum atomic E-state index is -0.461. The Hall–Kier alpha value is -2.58. The van der Waals surface area contributed by atoms with E-state index < -0.39 is 5.56 Å². The van der Waals surface area contributed by atoms with E-state index in [2.05, 4.69) is 17.0 Å². The third kappa shape index (κ3) is 4.23. The Labute approximate surface area is 169 Å². The number of anilines is 1. The Morgan fingerprint density at radius 3 is 2.69 bits per heavy atom. The number of likely N-dealkylation sites (tertiary alicyclic amines) is 1. The molecular weight excluding hydrogens is 372 g/mol. The molecule has 2 aromatic rings. The molecule has 0 radical (unpaired) electrons. The topological polar surface area (TPSA) is 93.8 Å². The molecule has 2 aliphatic rings. The molecule has 8 heteroatoms. The second kappa shape index (κ2) is 8.42. The molecule has 2 atom stereocenters. The number of unbranched alkanes of at least 4 members (excludes halogenated alkanes) is 2. The lowest BCUT2D eigenvalue weighted by atomic mass is 9.83. The monoisotopic (exact) mass is 399 g/mol. The number of pyridine rings is 1. The van der Waals surface area contributed by atoms with Gasteiger partial charge in [-0.05, 0) is 49.4 Å². The number of rotatable bonds is 7. The summed E-state index contributed by atoms with van der Waals surface area (Å²) in [5.74, 6) is 0.487. The van der Waals surface area contributed by atoms with Crippen LogP contribution in [-0.2, 0) is 17.9 Å². The number of piperidine rings is 1. The van der Waals surface area contributed by atoms with Crippen molar-refractivity contribution >= 4 is 11.6 Å². The van der Waals surface area contributed by atoms with Gasteiger partial charge in [0.15, 0.2) is 0 Å². The summed E-state index contributed by atoms with van der Waals surface area (Å²) in [6, 6.07) is 7.13. The van der Waals surface area contributed by atoms with Crippen LogP contribution in [-0.4, -0.2) is 38.2 Å². The number of hydrogen-bond acceptors (Lipinski definition) is 5. The van der Waals surface area contributed by atoms with E-state index in [4.69, 9.17) is 5.21 Å². The molecule has 0 spiro atoms. The van der Waals surface area contributed by atoms with Gasteiger partial charge in [0.05, 0.1) is 0 Å². The first-order chi connectivity index (χ1) is 14.0. The van der Waals surface area contributed by atoms with Gasteiger partial charge in [0.1, 0.15) is 5.69 Å². The Morgan fingerprint density at radius 2 is 1.93 bits per heavy atom. The van der Waals surface area contributed by atoms with Crippen molar-refractivity contribution in [2.24, 2.45) is 5.92 Å². The zero-order valence-corrected chi connectivity index (χ0v) is 16.4. The number of amides is 1. The highest BCUT2D eigenvalue weighted by atomic mass is 16.8. The van der Waals surface area contributed by atoms with Crippen LogP contribution in [0.4, 0.5) is 5.69 Å². The molecule has 0 saturated carbocycles.